The molecule has 0 heterocycles. The standard InChI is InChI=1S/C4H12N2Si/c1-6(2)5-3-4-7/h3-5H,1-2,7H3. The van der Waals surface area contributed by atoms with Gasteiger partial charge in [0.1, 0.15) is 0 Å². The molecule has 0 aromatic carbocycles. The summed E-state index contributed by atoms with van der Waals surface area (Å²) in [6, 6.07) is 0. The molecule has 3 heteroatoms. The van der Waals surface area contributed by atoms with E-state index < -0.39 is 0 Å². The molecule has 2 nitrogen and oxygen atoms in total. The average Bonchev–Trinajstić information content (AvgIpc) is 1.61. The van der Waals surface area contributed by atoms with Crippen LogP contribution in [0.2, 0.25) is 0 Å². The van der Waals surface area contributed by atoms with Crippen molar-refractivity contribution in [3.05, 3.63) is 11.9 Å². The van der Waals surface area contributed by atoms with E-state index in [-0.39, 0.29) is 0 Å². The van der Waals surface area contributed by atoms with Crippen molar-refractivity contribution >= 4 is 10.2 Å². The fourth-order valence-corrected chi connectivity index (χ4v) is 0.373. The van der Waals surface area contributed by atoms with Gasteiger partial charge in [-0.3, -0.25) is 0 Å². The van der Waals surface area contributed by atoms with Crippen molar-refractivity contribution in [3.63, 3.8) is 0 Å². The lowest BCUT2D eigenvalue weighted by atomic mass is 11.0. The highest BCUT2D eigenvalue weighted by Crippen LogP contribution is 1.61. The summed E-state index contributed by atoms with van der Waals surface area (Å²) in [5, 5.41) is 1.90. The maximum absolute atomic E-state index is 2.98. The maximum Gasteiger partial charge on any atom is 0.0310 e. The van der Waals surface area contributed by atoms with E-state index in [9.17, 15) is 0 Å². The van der Waals surface area contributed by atoms with Crippen molar-refractivity contribution in [2.75, 3.05) is 14.1 Å². The molecule has 0 rings (SSSR count). The van der Waals surface area contributed by atoms with Crippen LogP contribution in [0.3, 0.4) is 0 Å². The maximum atomic E-state index is 2.98. The van der Waals surface area contributed by atoms with Gasteiger partial charge >= 0.3 is 0 Å². The molecule has 0 aliphatic heterocycles. The molecule has 0 fully saturated rings. The minimum atomic E-state index is 1.12. The zero-order valence-electron chi connectivity index (χ0n) is 5.10. The third kappa shape index (κ3) is 5.72. The number of hydrazine groups is 1. The van der Waals surface area contributed by atoms with Gasteiger partial charge in [-0.25, -0.2) is 5.01 Å². The van der Waals surface area contributed by atoms with Crippen molar-refractivity contribution in [3.8, 4) is 0 Å². The van der Waals surface area contributed by atoms with Crippen LogP contribution in [-0.4, -0.2) is 29.3 Å². The first-order valence-corrected chi connectivity index (χ1v) is 3.47. The molecule has 0 radical (unpaired) electrons. The summed E-state index contributed by atoms with van der Waals surface area (Å²) in [6.07, 6.45) is 1.94. The topological polar surface area (TPSA) is 15.3 Å². The molecular formula is C4H12N2Si. The molecule has 0 saturated heterocycles. The van der Waals surface area contributed by atoms with Gasteiger partial charge in [0.05, 0.1) is 0 Å². The molecule has 0 aromatic heterocycles. The third-order valence-electron chi connectivity index (χ3n) is 0.499. The van der Waals surface area contributed by atoms with Crippen LogP contribution in [0.5, 0.6) is 0 Å². The molecule has 0 saturated carbocycles. The van der Waals surface area contributed by atoms with Gasteiger partial charge in [0.25, 0.3) is 0 Å². The van der Waals surface area contributed by atoms with Crippen LogP contribution in [0.15, 0.2) is 11.9 Å². The monoisotopic (exact) mass is 116 g/mol. The van der Waals surface area contributed by atoms with Crippen LogP contribution < -0.4 is 5.43 Å². The lowest BCUT2D eigenvalue weighted by Gasteiger charge is -2.06. The SMILES string of the molecule is CN(C)NC=C[SiH3]. The predicted octanol–water partition coefficient (Wildman–Crippen LogP) is -1.11. The van der Waals surface area contributed by atoms with Gasteiger partial charge in [-0.2, -0.15) is 0 Å². The van der Waals surface area contributed by atoms with E-state index in [0.717, 1.165) is 10.2 Å². The van der Waals surface area contributed by atoms with E-state index in [1.165, 1.54) is 0 Å². The Bertz CT molecular complexity index is 60.7. The molecule has 0 unspecified atom stereocenters. The highest BCUT2D eigenvalue weighted by Gasteiger charge is 1.72. The Labute approximate surface area is 47.6 Å². The second kappa shape index (κ2) is 3.89. The van der Waals surface area contributed by atoms with E-state index in [1.807, 2.05) is 25.3 Å². The molecule has 0 atom stereocenters. The van der Waals surface area contributed by atoms with E-state index in [0.29, 0.717) is 0 Å². The number of hydrogen-bond donors (Lipinski definition) is 1. The van der Waals surface area contributed by atoms with Crippen molar-refractivity contribution in [2.45, 2.75) is 0 Å². The Morgan fingerprint density at radius 2 is 2.14 bits per heavy atom. The molecule has 0 bridgehead atoms. The first kappa shape index (κ1) is 6.72. The highest BCUT2D eigenvalue weighted by atomic mass is 28.1. The summed E-state index contributed by atoms with van der Waals surface area (Å²) in [6.45, 7) is 0. The molecule has 7 heavy (non-hydrogen) atoms. The first-order valence-electron chi connectivity index (χ1n) is 2.32. The van der Waals surface area contributed by atoms with Gasteiger partial charge in [0.2, 0.25) is 0 Å². The second-order valence-electron chi connectivity index (χ2n) is 1.52. The summed E-state index contributed by atoms with van der Waals surface area (Å²) in [5.74, 6) is 0. The normalized spacial score (nSPS) is 11.3. The van der Waals surface area contributed by atoms with E-state index in [1.54, 1.807) is 0 Å². The third-order valence-corrected chi connectivity index (χ3v) is 0.833. The van der Waals surface area contributed by atoms with Crippen molar-refractivity contribution < 1.29 is 0 Å². The van der Waals surface area contributed by atoms with Gasteiger partial charge in [-0.1, -0.05) is 5.70 Å². The number of hydrogen-bond acceptors (Lipinski definition) is 2. The summed E-state index contributed by atoms with van der Waals surface area (Å²) in [7, 11) is 5.04. The van der Waals surface area contributed by atoms with Crippen molar-refractivity contribution in [1.82, 2.24) is 10.4 Å². The number of rotatable bonds is 2. The van der Waals surface area contributed by atoms with Crippen LogP contribution in [0.4, 0.5) is 0 Å². The zero-order valence-corrected chi connectivity index (χ0v) is 7.10. The quantitative estimate of drug-likeness (QED) is 0.363. The fraction of sp³-hybridized carbons (Fsp3) is 0.500. The molecule has 0 aromatic rings. The Morgan fingerprint density at radius 1 is 1.57 bits per heavy atom. The minimum Gasteiger partial charge on any atom is -0.327 e. The van der Waals surface area contributed by atoms with Crippen molar-refractivity contribution in [1.29, 1.82) is 0 Å². The van der Waals surface area contributed by atoms with Crippen LogP contribution in [0, 0.1) is 0 Å². The fourth-order valence-electron chi connectivity index (χ4n) is 0.224. The average molecular weight is 116 g/mol. The Morgan fingerprint density at radius 3 is 2.29 bits per heavy atom. The van der Waals surface area contributed by atoms with Crippen LogP contribution in [0.25, 0.3) is 0 Å². The molecule has 0 aliphatic rings. The number of nitrogens with one attached hydrogen (secondary N) is 1. The largest absolute Gasteiger partial charge is 0.327 e. The Kier molecular flexibility index (Phi) is 3.73. The molecule has 0 amide bonds. The molecule has 42 valence electrons. The summed E-state index contributed by atoms with van der Waals surface area (Å²) in [5.41, 5.74) is 5.07. The second-order valence-corrected chi connectivity index (χ2v) is 2.19. The summed E-state index contributed by atoms with van der Waals surface area (Å²) < 4.78 is 0. The lowest BCUT2D eigenvalue weighted by Crippen LogP contribution is -2.24. The summed E-state index contributed by atoms with van der Waals surface area (Å²) >= 11 is 0. The lowest BCUT2D eigenvalue weighted by molar-refractivity contribution is 0.343. The molecule has 0 aliphatic carbocycles. The van der Waals surface area contributed by atoms with E-state index >= 15 is 0 Å². The highest BCUT2D eigenvalue weighted by molar-refractivity contribution is 6.16. The van der Waals surface area contributed by atoms with Gasteiger partial charge in [0.15, 0.2) is 0 Å². The summed E-state index contributed by atoms with van der Waals surface area (Å²) in [4.78, 5) is 0. The van der Waals surface area contributed by atoms with Gasteiger partial charge in [0, 0.05) is 30.5 Å². The van der Waals surface area contributed by atoms with Crippen molar-refractivity contribution in [2.24, 2.45) is 0 Å². The molecule has 1 N–H and O–H groups in total. The van der Waals surface area contributed by atoms with E-state index in [4.69, 9.17) is 0 Å². The Balaban J connectivity index is 2.97. The van der Waals surface area contributed by atoms with Gasteiger partial charge < -0.3 is 5.43 Å². The predicted molar refractivity (Wildman–Crippen MR) is 35.9 cm³/mol. The van der Waals surface area contributed by atoms with Crippen LogP contribution >= 0.6 is 0 Å². The van der Waals surface area contributed by atoms with Gasteiger partial charge in [-0.15, -0.1) is 0 Å². The van der Waals surface area contributed by atoms with Crippen LogP contribution in [0.1, 0.15) is 0 Å². The minimum absolute atomic E-state index is 1.12. The van der Waals surface area contributed by atoms with Crippen LogP contribution in [-0.2, 0) is 0 Å². The Hall–Kier alpha value is -0.283. The first-order chi connectivity index (χ1) is 3.27. The smallest absolute Gasteiger partial charge is 0.0310 e. The zero-order chi connectivity index (χ0) is 5.70. The molecule has 0 spiro atoms. The number of nitrogens with zero attached hydrogens (tertiary/aromatic N) is 1. The van der Waals surface area contributed by atoms with E-state index in [2.05, 4.69) is 11.1 Å². The van der Waals surface area contributed by atoms with Gasteiger partial charge in [-0.05, 0) is 0 Å². The molecular weight excluding hydrogens is 104 g/mol.